The van der Waals surface area contributed by atoms with Gasteiger partial charge in [0.1, 0.15) is 0 Å². The summed E-state index contributed by atoms with van der Waals surface area (Å²) in [6, 6.07) is 14.2. The lowest BCUT2D eigenvalue weighted by atomic mass is 9.94. The van der Waals surface area contributed by atoms with Gasteiger partial charge in [0.2, 0.25) is 5.91 Å². The number of piperidine rings is 1. The largest absolute Gasteiger partial charge is 0.371 e. The average Bonchev–Trinajstić information content (AvgIpc) is 2.69. The van der Waals surface area contributed by atoms with Crippen molar-refractivity contribution in [2.75, 3.05) is 24.5 Å². The van der Waals surface area contributed by atoms with Crippen LogP contribution in [0.25, 0.3) is 0 Å². The van der Waals surface area contributed by atoms with Crippen LogP contribution in [0.4, 0.5) is 5.69 Å². The molecule has 25 heavy (non-hydrogen) atoms. The fraction of sp³-hybridized carbons (Fsp3) is 0.429. The molecule has 3 rings (SSSR count). The number of amides is 1. The maximum atomic E-state index is 12.6. The number of pyridine rings is 1. The van der Waals surface area contributed by atoms with Crippen LogP contribution in [-0.2, 0) is 4.79 Å². The molecule has 1 amide bonds. The zero-order valence-electron chi connectivity index (χ0n) is 14.9. The molecule has 1 aromatic heterocycles. The molecule has 1 aromatic carbocycles. The van der Waals surface area contributed by atoms with E-state index in [1.165, 1.54) is 5.69 Å². The highest BCUT2D eigenvalue weighted by atomic mass is 16.1. The Hall–Kier alpha value is -2.36. The number of nitrogens with zero attached hydrogens (tertiary/aromatic N) is 2. The van der Waals surface area contributed by atoms with Gasteiger partial charge in [-0.25, -0.2) is 0 Å². The predicted octanol–water partition coefficient (Wildman–Crippen LogP) is 3.61. The Bertz CT molecular complexity index is 651. The van der Waals surface area contributed by atoms with Gasteiger partial charge in [-0.15, -0.1) is 0 Å². The molecule has 1 atom stereocenters. The van der Waals surface area contributed by atoms with E-state index in [0.717, 1.165) is 44.5 Å². The molecule has 1 N–H and O–H groups in total. The van der Waals surface area contributed by atoms with Gasteiger partial charge in [0.15, 0.2) is 0 Å². The quantitative estimate of drug-likeness (QED) is 0.876. The van der Waals surface area contributed by atoms with E-state index >= 15 is 0 Å². The molecule has 0 bridgehead atoms. The van der Waals surface area contributed by atoms with Crippen LogP contribution in [0.5, 0.6) is 0 Å². The van der Waals surface area contributed by atoms with Crippen molar-refractivity contribution in [2.45, 2.75) is 32.1 Å². The van der Waals surface area contributed by atoms with Crippen molar-refractivity contribution in [3.05, 3.63) is 60.4 Å². The molecule has 1 aliphatic rings. The molecule has 1 aliphatic heterocycles. The third-order valence-electron chi connectivity index (χ3n) is 5.13. The second-order valence-electron chi connectivity index (χ2n) is 6.75. The van der Waals surface area contributed by atoms with E-state index in [1.54, 1.807) is 0 Å². The smallest absolute Gasteiger partial charge is 0.227 e. The molecule has 2 aromatic rings. The first-order chi connectivity index (χ1) is 12.3. The topological polar surface area (TPSA) is 45.2 Å². The van der Waals surface area contributed by atoms with Crippen molar-refractivity contribution >= 4 is 11.6 Å². The molecular formula is C21H27N3O. The van der Waals surface area contributed by atoms with Crippen molar-refractivity contribution in [2.24, 2.45) is 5.92 Å². The minimum atomic E-state index is -0.0434. The van der Waals surface area contributed by atoms with E-state index in [4.69, 9.17) is 0 Å². The van der Waals surface area contributed by atoms with Crippen LogP contribution in [0, 0.1) is 5.92 Å². The first kappa shape index (κ1) is 17.5. The predicted molar refractivity (Wildman–Crippen MR) is 102 cm³/mol. The molecule has 1 saturated heterocycles. The zero-order valence-corrected chi connectivity index (χ0v) is 14.9. The highest BCUT2D eigenvalue weighted by Crippen LogP contribution is 2.23. The monoisotopic (exact) mass is 337 g/mol. The minimum Gasteiger partial charge on any atom is -0.371 e. The van der Waals surface area contributed by atoms with E-state index < -0.39 is 0 Å². The van der Waals surface area contributed by atoms with Gasteiger partial charge in [-0.2, -0.15) is 0 Å². The third-order valence-corrected chi connectivity index (χ3v) is 5.13. The van der Waals surface area contributed by atoms with Crippen LogP contribution in [0.2, 0.25) is 0 Å². The molecule has 132 valence electrons. The molecule has 2 heterocycles. The van der Waals surface area contributed by atoms with E-state index in [-0.39, 0.29) is 11.8 Å². The van der Waals surface area contributed by atoms with Crippen molar-refractivity contribution in [1.29, 1.82) is 0 Å². The SMILES string of the molecule is CCC(C(=O)NCC1CCN(c2ccncc2)CC1)c1ccccc1. The number of aromatic nitrogens is 1. The third kappa shape index (κ3) is 4.59. The number of hydrogen-bond acceptors (Lipinski definition) is 3. The highest BCUT2D eigenvalue weighted by Gasteiger charge is 2.22. The Kier molecular flexibility index (Phi) is 6.04. The second kappa shape index (κ2) is 8.65. The van der Waals surface area contributed by atoms with Crippen molar-refractivity contribution in [1.82, 2.24) is 10.3 Å². The summed E-state index contributed by atoms with van der Waals surface area (Å²) in [6.07, 6.45) is 6.75. The van der Waals surface area contributed by atoms with Crippen LogP contribution in [-0.4, -0.2) is 30.5 Å². The normalized spacial score (nSPS) is 16.4. The Balaban J connectivity index is 1.47. The van der Waals surface area contributed by atoms with Crippen LogP contribution in [0.3, 0.4) is 0 Å². The van der Waals surface area contributed by atoms with Gasteiger partial charge in [-0.05, 0) is 42.9 Å². The average molecular weight is 337 g/mol. The van der Waals surface area contributed by atoms with E-state index in [9.17, 15) is 4.79 Å². The van der Waals surface area contributed by atoms with E-state index in [1.807, 2.05) is 42.7 Å². The van der Waals surface area contributed by atoms with Crippen molar-refractivity contribution < 1.29 is 4.79 Å². The zero-order chi connectivity index (χ0) is 17.5. The molecule has 0 saturated carbocycles. The number of anilines is 1. The van der Waals surface area contributed by atoms with Crippen LogP contribution >= 0.6 is 0 Å². The summed E-state index contributed by atoms with van der Waals surface area (Å²) in [4.78, 5) is 19.1. The fourth-order valence-corrected chi connectivity index (χ4v) is 3.58. The molecule has 0 radical (unpaired) electrons. The lowest BCUT2D eigenvalue weighted by Crippen LogP contribution is -2.39. The van der Waals surface area contributed by atoms with E-state index in [2.05, 4.69) is 34.3 Å². The summed E-state index contributed by atoms with van der Waals surface area (Å²) in [6.45, 7) is 4.94. The number of benzene rings is 1. The first-order valence-corrected chi connectivity index (χ1v) is 9.25. The van der Waals surface area contributed by atoms with Crippen LogP contribution < -0.4 is 10.2 Å². The fourth-order valence-electron chi connectivity index (χ4n) is 3.58. The minimum absolute atomic E-state index is 0.0434. The van der Waals surface area contributed by atoms with Gasteiger partial charge in [-0.3, -0.25) is 9.78 Å². The van der Waals surface area contributed by atoms with Gasteiger partial charge in [-0.1, -0.05) is 37.3 Å². The van der Waals surface area contributed by atoms with Crippen LogP contribution in [0.15, 0.2) is 54.9 Å². The van der Waals surface area contributed by atoms with Gasteiger partial charge in [0.05, 0.1) is 5.92 Å². The Morgan fingerprint density at radius 1 is 1.16 bits per heavy atom. The molecule has 0 spiro atoms. The summed E-state index contributed by atoms with van der Waals surface area (Å²) in [5.74, 6) is 0.679. The number of nitrogens with one attached hydrogen (secondary N) is 1. The van der Waals surface area contributed by atoms with Gasteiger partial charge < -0.3 is 10.2 Å². The maximum absolute atomic E-state index is 12.6. The summed E-state index contributed by atoms with van der Waals surface area (Å²) >= 11 is 0. The Morgan fingerprint density at radius 2 is 1.84 bits per heavy atom. The standard InChI is InChI=1S/C21H27N3O/c1-2-20(18-6-4-3-5-7-18)21(25)23-16-17-10-14-24(15-11-17)19-8-12-22-13-9-19/h3-9,12-13,17,20H,2,10-11,14-16H2,1H3,(H,23,25). The molecule has 0 aliphatic carbocycles. The summed E-state index contributed by atoms with van der Waals surface area (Å²) in [7, 11) is 0. The Labute approximate surface area is 150 Å². The molecule has 1 unspecified atom stereocenters. The second-order valence-corrected chi connectivity index (χ2v) is 6.75. The van der Waals surface area contributed by atoms with E-state index in [0.29, 0.717) is 5.92 Å². The van der Waals surface area contributed by atoms with Gasteiger partial charge in [0, 0.05) is 37.7 Å². The maximum Gasteiger partial charge on any atom is 0.227 e. The number of rotatable bonds is 6. The molecule has 1 fully saturated rings. The first-order valence-electron chi connectivity index (χ1n) is 9.25. The van der Waals surface area contributed by atoms with Gasteiger partial charge >= 0.3 is 0 Å². The molecule has 4 heteroatoms. The van der Waals surface area contributed by atoms with Gasteiger partial charge in [0.25, 0.3) is 0 Å². The van der Waals surface area contributed by atoms with Crippen LogP contribution in [0.1, 0.15) is 37.7 Å². The molecule has 4 nitrogen and oxygen atoms in total. The summed E-state index contributed by atoms with van der Waals surface area (Å²) in [5, 5.41) is 3.19. The number of carbonyl (C=O) groups excluding carboxylic acids is 1. The highest BCUT2D eigenvalue weighted by molar-refractivity contribution is 5.83. The van der Waals surface area contributed by atoms with Crippen molar-refractivity contribution in [3.63, 3.8) is 0 Å². The lowest BCUT2D eigenvalue weighted by Gasteiger charge is -2.33. The number of hydrogen-bond donors (Lipinski definition) is 1. The number of carbonyl (C=O) groups is 1. The Morgan fingerprint density at radius 3 is 2.48 bits per heavy atom. The lowest BCUT2D eigenvalue weighted by molar-refractivity contribution is -0.122. The summed E-state index contributed by atoms with van der Waals surface area (Å²) in [5.41, 5.74) is 2.35. The summed E-state index contributed by atoms with van der Waals surface area (Å²) < 4.78 is 0. The molecular weight excluding hydrogens is 310 g/mol. The van der Waals surface area contributed by atoms with Crippen molar-refractivity contribution in [3.8, 4) is 0 Å².